The number of rotatable bonds is 9. The second kappa shape index (κ2) is 15.1. The number of thiophene rings is 1. The molecule has 5 rings (SSSR count). The number of hydrogen-bond acceptors (Lipinski definition) is 7. The minimum atomic E-state index is -4.97. The molecule has 17 heteroatoms. The largest absolute Gasteiger partial charge is 0.466 e. The van der Waals surface area contributed by atoms with Crippen molar-refractivity contribution >= 4 is 40.7 Å². The second-order valence-electron chi connectivity index (χ2n) is 12.2. The first-order chi connectivity index (χ1) is 24.1. The third-order valence-corrected chi connectivity index (χ3v) is 10.3. The Morgan fingerprint density at radius 3 is 2.57 bits per heavy atom. The standard InChI is InChI=1S/C34H32ClF6N5O4S/c1-2-12-32(50-22-17-27(51-18-22)34(39,40)41)25(6-4-14-46(32)31(49)29-24(33(36,37)38)5-3-13-43-29)30(48)45-15-11-20-16-21(35)7-8-23(20)26(45)9-10-28(47)44-19-42/h3,5,7-8,13,16-18,25-26H,2,4,6,9-12,14-15H2,1H3,(H,44,47)/t25-,26+,32-/m1/s1. The van der Waals surface area contributed by atoms with E-state index in [1.165, 1.54) is 4.90 Å². The van der Waals surface area contributed by atoms with Gasteiger partial charge in [0.2, 0.25) is 11.8 Å². The van der Waals surface area contributed by atoms with Gasteiger partial charge in [0.15, 0.2) is 11.9 Å². The molecule has 51 heavy (non-hydrogen) atoms. The topological polar surface area (TPSA) is 116 Å². The van der Waals surface area contributed by atoms with Crippen molar-refractivity contribution in [1.82, 2.24) is 20.1 Å². The fourth-order valence-corrected chi connectivity index (χ4v) is 7.87. The van der Waals surface area contributed by atoms with Crippen LogP contribution in [0.2, 0.25) is 5.02 Å². The zero-order valence-electron chi connectivity index (χ0n) is 27.1. The summed E-state index contributed by atoms with van der Waals surface area (Å²) in [5.74, 6) is -3.90. The zero-order valence-corrected chi connectivity index (χ0v) is 28.7. The number of nitriles is 1. The van der Waals surface area contributed by atoms with Gasteiger partial charge < -0.3 is 9.64 Å². The lowest BCUT2D eigenvalue weighted by atomic mass is 9.79. The Balaban J connectivity index is 1.63. The van der Waals surface area contributed by atoms with E-state index in [0.717, 1.165) is 34.2 Å². The third-order valence-electron chi connectivity index (χ3n) is 9.08. The lowest BCUT2D eigenvalue weighted by Gasteiger charge is -2.52. The Kier molecular flexibility index (Phi) is 11.2. The van der Waals surface area contributed by atoms with E-state index in [1.54, 1.807) is 31.3 Å². The molecular formula is C34H32ClF6N5O4S. The van der Waals surface area contributed by atoms with Crippen LogP contribution in [-0.4, -0.2) is 51.3 Å². The summed E-state index contributed by atoms with van der Waals surface area (Å²) in [6.45, 7) is 1.64. The maximum absolute atomic E-state index is 14.9. The van der Waals surface area contributed by atoms with Crippen molar-refractivity contribution in [2.45, 2.75) is 76.0 Å². The van der Waals surface area contributed by atoms with E-state index in [2.05, 4.69) is 10.3 Å². The number of piperidine rings is 1. The molecule has 3 atom stereocenters. The summed E-state index contributed by atoms with van der Waals surface area (Å²) in [6, 6.07) is 6.84. The van der Waals surface area contributed by atoms with Gasteiger partial charge in [-0.25, -0.2) is 0 Å². The molecule has 9 nitrogen and oxygen atoms in total. The molecule has 0 spiro atoms. The van der Waals surface area contributed by atoms with E-state index >= 15 is 0 Å². The van der Waals surface area contributed by atoms with Gasteiger partial charge in [-0.05, 0) is 61.1 Å². The number of benzene rings is 1. The van der Waals surface area contributed by atoms with Crippen molar-refractivity contribution < 1.29 is 45.5 Å². The molecule has 0 unspecified atom stereocenters. The number of alkyl halides is 6. The maximum atomic E-state index is 14.9. The highest BCUT2D eigenvalue weighted by atomic mass is 35.5. The van der Waals surface area contributed by atoms with Crippen LogP contribution >= 0.6 is 22.9 Å². The molecule has 0 saturated carbocycles. The van der Waals surface area contributed by atoms with Crippen LogP contribution < -0.4 is 10.1 Å². The Morgan fingerprint density at radius 2 is 1.90 bits per heavy atom. The first kappa shape index (κ1) is 37.9. The van der Waals surface area contributed by atoms with E-state index in [9.17, 15) is 40.7 Å². The number of aromatic nitrogens is 1. The van der Waals surface area contributed by atoms with E-state index in [-0.39, 0.29) is 57.4 Å². The van der Waals surface area contributed by atoms with Crippen molar-refractivity contribution in [1.29, 1.82) is 5.26 Å². The van der Waals surface area contributed by atoms with Gasteiger partial charge in [0.1, 0.15) is 16.3 Å². The summed E-state index contributed by atoms with van der Waals surface area (Å²) in [5.41, 5.74) is -2.78. The molecule has 4 heterocycles. The number of nitrogens with one attached hydrogen (secondary N) is 1. The average Bonchev–Trinajstić information content (AvgIpc) is 3.55. The molecule has 2 aromatic heterocycles. The van der Waals surface area contributed by atoms with E-state index in [4.69, 9.17) is 21.6 Å². The first-order valence-corrected chi connectivity index (χ1v) is 17.3. The quantitative estimate of drug-likeness (QED) is 0.136. The number of fused-ring (bicyclic) bond motifs is 1. The number of likely N-dealkylation sites (tertiary alicyclic amines) is 1. The highest BCUT2D eigenvalue weighted by Crippen LogP contribution is 2.46. The average molecular weight is 756 g/mol. The lowest BCUT2D eigenvalue weighted by Crippen LogP contribution is -2.66. The summed E-state index contributed by atoms with van der Waals surface area (Å²) in [4.78, 5) is 46.8. The third kappa shape index (κ3) is 7.94. The van der Waals surface area contributed by atoms with Crippen LogP contribution in [0.15, 0.2) is 48.0 Å². The molecule has 0 bridgehead atoms. The van der Waals surface area contributed by atoms with Crippen LogP contribution in [0.5, 0.6) is 5.75 Å². The smallest absolute Gasteiger partial charge is 0.425 e. The van der Waals surface area contributed by atoms with Crippen molar-refractivity contribution in [3.05, 3.63) is 80.3 Å². The molecular weight excluding hydrogens is 724 g/mol. The van der Waals surface area contributed by atoms with E-state index < -0.39 is 63.9 Å². The normalized spacial score (nSPS) is 20.7. The molecule has 2 aliphatic rings. The zero-order chi connectivity index (χ0) is 37.1. The molecule has 2 aliphatic heterocycles. The lowest BCUT2D eigenvalue weighted by molar-refractivity contribution is -0.171. The van der Waals surface area contributed by atoms with E-state index in [1.807, 2.05) is 0 Å². The summed E-state index contributed by atoms with van der Waals surface area (Å²) in [6.07, 6.45) is -6.50. The van der Waals surface area contributed by atoms with Crippen molar-refractivity contribution in [3.8, 4) is 11.9 Å². The van der Waals surface area contributed by atoms with Crippen molar-refractivity contribution in [3.63, 3.8) is 0 Å². The predicted molar refractivity (Wildman–Crippen MR) is 173 cm³/mol. The van der Waals surface area contributed by atoms with Gasteiger partial charge in [0.25, 0.3) is 5.91 Å². The van der Waals surface area contributed by atoms with Crippen molar-refractivity contribution in [2.24, 2.45) is 5.92 Å². The van der Waals surface area contributed by atoms with Crippen LogP contribution in [0.4, 0.5) is 26.3 Å². The molecule has 1 aromatic carbocycles. The summed E-state index contributed by atoms with van der Waals surface area (Å²) >= 11 is 6.59. The van der Waals surface area contributed by atoms with Crippen molar-refractivity contribution in [2.75, 3.05) is 13.1 Å². The van der Waals surface area contributed by atoms with Gasteiger partial charge in [-0.15, -0.1) is 11.3 Å². The molecule has 0 aliphatic carbocycles. The molecule has 0 radical (unpaired) electrons. The number of hydrogen-bond donors (Lipinski definition) is 1. The summed E-state index contributed by atoms with van der Waals surface area (Å²) in [5, 5.41) is 12.5. The maximum Gasteiger partial charge on any atom is 0.425 e. The fraction of sp³-hybridized carbons (Fsp3) is 0.441. The molecule has 1 N–H and O–H groups in total. The number of carbonyl (C=O) groups excluding carboxylic acids is 3. The highest BCUT2D eigenvalue weighted by Gasteiger charge is 2.56. The van der Waals surface area contributed by atoms with E-state index in [0.29, 0.717) is 34.4 Å². The van der Waals surface area contributed by atoms with Gasteiger partial charge in [0, 0.05) is 48.6 Å². The summed E-state index contributed by atoms with van der Waals surface area (Å²) < 4.78 is 89.8. The number of ether oxygens (including phenoxy) is 1. The van der Waals surface area contributed by atoms with Crippen LogP contribution in [0.25, 0.3) is 0 Å². The Morgan fingerprint density at radius 1 is 1.14 bits per heavy atom. The minimum Gasteiger partial charge on any atom is -0.466 e. The number of amides is 3. The number of halogens is 7. The monoisotopic (exact) mass is 755 g/mol. The fourth-order valence-electron chi connectivity index (χ4n) is 7.00. The van der Waals surface area contributed by atoms with Gasteiger partial charge in [0.05, 0.1) is 17.5 Å². The highest BCUT2D eigenvalue weighted by molar-refractivity contribution is 7.10. The van der Waals surface area contributed by atoms with Gasteiger partial charge in [-0.2, -0.15) is 31.6 Å². The molecule has 3 aromatic rings. The molecule has 1 saturated heterocycles. The second-order valence-corrected chi connectivity index (χ2v) is 13.6. The van der Waals surface area contributed by atoms with Gasteiger partial charge in [-0.3, -0.25) is 29.6 Å². The number of pyridine rings is 1. The Bertz CT molecular complexity index is 1830. The first-order valence-electron chi connectivity index (χ1n) is 16.1. The molecule has 3 amide bonds. The molecule has 1 fully saturated rings. The van der Waals surface area contributed by atoms with Gasteiger partial charge >= 0.3 is 12.4 Å². The Hall–Kier alpha value is -4.36. The van der Waals surface area contributed by atoms with Crippen LogP contribution in [0.3, 0.4) is 0 Å². The SMILES string of the molecule is CCC[C@@]1(Oc2csc(C(F)(F)F)c2)[C@@H](C(=O)N2CCc3cc(Cl)ccc3[C@@H]2CCC(=O)NC#N)CCCN1C(=O)c1ncccc1C(F)(F)F. The Labute approximate surface area is 298 Å². The number of nitrogens with zero attached hydrogens (tertiary/aromatic N) is 4. The number of carbonyl (C=O) groups is 3. The van der Waals surface area contributed by atoms with Gasteiger partial charge in [-0.1, -0.05) is 31.0 Å². The van der Waals surface area contributed by atoms with Crippen LogP contribution in [0, 0.1) is 17.4 Å². The predicted octanol–water partition coefficient (Wildman–Crippen LogP) is 7.77. The van der Waals surface area contributed by atoms with Crippen LogP contribution in [-0.2, 0) is 28.4 Å². The summed E-state index contributed by atoms with van der Waals surface area (Å²) in [7, 11) is 0. The van der Waals surface area contributed by atoms with Crippen LogP contribution in [0.1, 0.15) is 83.5 Å². The molecule has 272 valence electrons. The minimum absolute atomic E-state index is 0.0766.